The fourth-order valence-corrected chi connectivity index (χ4v) is 2.44. The summed E-state index contributed by atoms with van der Waals surface area (Å²) in [4.78, 5) is 11.6. The zero-order valence-electron chi connectivity index (χ0n) is 12.2. The van der Waals surface area contributed by atoms with Gasteiger partial charge in [0.1, 0.15) is 0 Å². The number of hydrogen-bond donors (Lipinski definition) is 1. The first kappa shape index (κ1) is 19.9. The summed E-state index contributed by atoms with van der Waals surface area (Å²) in [6.07, 6.45) is 7.87. The second kappa shape index (κ2) is 10.6. The van der Waals surface area contributed by atoms with E-state index in [4.69, 9.17) is 0 Å². The molecule has 1 unspecified atom stereocenters. The van der Waals surface area contributed by atoms with Crippen LogP contribution in [0, 0.1) is 0 Å². The molecular weight excluding hydrogens is 276 g/mol. The average Bonchev–Trinajstić information content (AvgIpc) is 2.43. The van der Waals surface area contributed by atoms with Crippen LogP contribution in [0.2, 0.25) is 0 Å². The molecule has 0 heterocycles. The third-order valence-corrected chi connectivity index (χ3v) is 3.91. The van der Waals surface area contributed by atoms with Crippen LogP contribution < -0.4 is 0 Å². The van der Waals surface area contributed by atoms with Crippen molar-refractivity contribution < 1.29 is 9.90 Å². The van der Waals surface area contributed by atoms with E-state index in [0.29, 0.717) is 0 Å². The number of carboxylic acids is 1. The van der Waals surface area contributed by atoms with E-state index in [0.717, 1.165) is 24.8 Å². The molecular formula is C17H28CaO2. The quantitative estimate of drug-likeness (QED) is 0.555. The van der Waals surface area contributed by atoms with Crippen molar-refractivity contribution in [2.24, 2.45) is 0 Å². The van der Waals surface area contributed by atoms with Gasteiger partial charge in [-0.25, -0.2) is 0 Å². The molecule has 1 atom stereocenters. The summed E-state index contributed by atoms with van der Waals surface area (Å²) in [5.41, 5.74) is 0.169. The Morgan fingerprint density at radius 2 is 1.60 bits per heavy atom. The first-order chi connectivity index (χ1) is 9.11. The molecule has 0 bridgehead atoms. The van der Waals surface area contributed by atoms with Gasteiger partial charge in [-0.1, -0.05) is 75.8 Å². The Labute approximate surface area is 153 Å². The van der Waals surface area contributed by atoms with E-state index in [-0.39, 0.29) is 37.7 Å². The Morgan fingerprint density at radius 3 is 2.15 bits per heavy atom. The molecule has 0 aliphatic carbocycles. The van der Waals surface area contributed by atoms with E-state index in [2.05, 4.69) is 6.92 Å². The van der Waals surface area contributed by atoms with Gasteiger partial charge < -0.3 is 5.11 Å². The van der Waals surface area contributed by atoms with Crippen molar-refractivity contribution in [3.8, 4) is 0 Å². The SMILES string of the molecule is CCCCCCCCC(C)(C(=O)O)c1ccccc1.[CaH2]. The molecule has 3 heteroatoms. The fourth-order valence-electron chi connectivity index (χ4n) is 2.44. The van der Waals surface area contributed by atoms with Gasteiger partial charge in [-0.15, -0.1) is 0 Å². The molecule has 0 saturated carbocycles. The minimum atomic E-state index is -0.744. The average molecular weight is 304 g/mol. The molecule has 0 spiro atoms. The molecule has 1 aromatic rings. The molecule has 0 amide bonds. The molecule has 0 aliphatic heterocycles. The van der Waals surface area contributed by atoms with Gasteiger partial charge in [-0.2, -0.15) is 0 Å². The Balaban J connectivity index is 0.00000361. The summed E-state index contributed by atoms with van der Waals surface area (Å²) in [6.45, 7) is 4.05. The maximum absolute atomic E-state index is 11.6. The monoisotopic (exact) mass is 304 g/mol. The number of aliphatic carboxylic acids is 1. The van der Waals surface area contributed by atoms with Gasteiger partial charge in [0, 0.05) is 0 Å². The Hall–Kier alpha value is -0.0503. The summed E-state index contributed by atoms with van der Waals surface area (Å²) in [6, 6.07) is 9.60. The zero-order valence-corrected chi connectivity index (χ0v) is 12.2. The summed E-state index contributed by atoms with van der Waals surface area (Å²) in [5.74, 6) is -0.716. The predicted octanol–water partition coefficient (Wildman–Crippen LogP) is 3.86. The molecule has 20 heavy (non-hydrogen) atoms. The van der Waals surface area contributed by atoms with E-state index in [1.54, 1.807) is 0 Å². The Bertz CT molecular complexity index is 378. The zero-order chi connectivity index (χ0) is 14.1. The summed E-state index contributed by atoms with van der Waals surface area (Å²) in [7, 11) is 0. The standard InChI is InChI=1S/C17H26O2.Ca.2H/c1-3-4-5-6-7-11-14-17(2,16(18)19)15-12-9-8-10-13-15;;;/h8-10,12-13H,3-7,11,14H2,1-2H3,(H,18,19);;;. The van der Waals surface area contributed by atoms with E-state index in [9.17, 15) is 9.90 Å². The van der Waals surface area contributed by atoms with Crippen molar-refractivity contribution in [1.82, 2.24) is 0 Å². The maximum atomic E-state index is 11.6. The Morgan fingerprint density at radius 1 is 1.05 bits per heavy atom. The molecule has 1 aromatic carbocycles. The summed E-state index contributed by atoms with van der Waals surface area (Å²) >= 11 is 0. The van der Waals surface area contributed by atoms with Crippen LogP contribution in [0.1, 0.15) is 64.4 Å². The number of rotatable bonds is 9. The number of hydrogen-bond acceptors (Lipinski definition) is 1. The number of carboxylic acid groups (broad SMARTS) is 1. The van der Waals surface area contributed by atoms with Gasteiger partial charge >= 0.3 is 43.7 Å². The molecule has 1 rings (SSSR count). The summed E-state index contributed by atoms with van der Waals surface area (Å²) in [5, 5.41) is 9.53. The topological polar surface area (TPSA) is 37.3 Å². The predicted molar refractivity (Wildman–Crippen MR) is 88.0 cm³/mol. The molecule has 110 valence electrons. The van der Waals surface area contributed by atoms with Crippen LogP contribution in [0.15, 0.2) is 30.3 Å². The normalized spacial score (nSPS) is 13.3. The van der Waals surface area contributed by atoms with Crippen LogP contribution in [0.25, 0.3) is 0 Å². The third kappa shape index (κ3) is 6.15. The number of benzene rings is 1. The molecule has 0 fully saturated rings. The second-order valence-corrected chi connectivity index (χ2v) is 5.52. The first-order valence-corrected chi connectivity index (χ1v) is 7.40. The minimum absolute atomic E-state index is 0. The fraction of sp³-hybridized carbons (Fsp3) is 0.588. The van der Waals surface area contributed by atoms with Gasteiger partial charge in [-0.05, 0) is 18.9 Å². The molecule has 2 nitrogen and oxygen atoms in total. The molecule has 0 aliphatic rings. The van der Waals surface area contributed by atoms with Crippen molar-refractivity contribution in [2.45, 2.75) is 64.2 Å². The molecule has 0 radical (unpaired) electrons. The first-order valence-electron chi connectivity index (χ1n) is 7.40. The summed E-state index contributed by atoms with van der Waals surface area (Å²) < 4.78 is 0. The van der Waals surface area contributed by atoms with E-state index in [1.165, 1.54) is 25.7 Å². The molecule has 0 aromatic heterocycles. The van der Waals surface area contributed by atoms with Crippen LogP contribution in [0.5, 0.6) is 0 Å². The van der Waals surface area contributed by atoms with Crippen LogP contribution in [-0.4, -0.2) is 48.8 Å². The van der Waals surface area contributed by atoms with Gasteiger partial charge in [0.2, 0.25) is 0 Å². The Kier molecular flexibility index (Phi) is 10.6. The van der Waals surface area contributed by atoms with Gasteiger partial charge in [0.05, 0.1) is 5.41 Å². The van der Waals surface area contributed by atoms with Crippen molar-refractivity contribution in [1.29, 1.82) is 0 Å². The van der Waals surface area contributed by atoms with Crippen LogP contribution in [0.4, 0.5) is 0 Å². The van der Waals surface area contributed by atoms with E-state index < -0.39 is 11.4 Å². The van der Waals surface area contributed by atoms with Crippen molar-refractivity contribution in [3.05, 3.63) is 35.9 Å². The molecule has 0 saturated heterocycles. The van der Waals surface area contributed by atoms with Crippen molar-refractivity contribution in [2.75, 3.05) is 0 Å². The number of carbonyl (C=O) groups is 1. The van der Waals surface area contributed by atoms with Crippen molar-refractivity contribution >= 4 is 43.7 Å². The van der Waals surface area contributed by atoms with Crippen LogP contribution in [0.3, 0.4) is 0 Å². The van der Waals surface area contributed by atoms with Gasteiger partial charge in [-0.3, -0.25) is 4.79 Å². The third-order valence-electron chi connectivity index (χ3n) is 3.91. The van der Waals surface area contributed by atoms with Gasteiger partial charge in [0.15, 0.2) is 0 Å². The van der Waals surface area contributed by atoms with E-state index >= 15 is 0 Å². The number of unbranched alkanes of at least 4 members (excludes halogenated alkanes) is 5. The second-order valence-electron chi connectivity index (χ2n) is 5.52. The van der Waals surface area contributed by atoms with Crippen LogP contribution in [-0.2, 0) is 10.2 Å². The van der Waals surface area contributed by atoms with Gasteiger partial charge in [0.25, 0.3) is 0 Å². The molecule has 1 N–H and O–H groups in total. The van der Waals surface area contributed by atoms with Crippen molar-refractivity contribution in [3.63, 3.8) is 0 Å². The van der Waals surface area contributed by atoms with Crippen LogP contribution >= 0.6 is 0 Å². The van der Waals surface area contributed by atoms with E-state index in [1.807, 2.05) is 37.3 Å².